The van der Waals surface area contributed by atoms with E-state index in [1.165, 1.54) is 7.11 Å². The van der Waals surface area contributed by atoms with E-state index in [1.54, 1.807) is 0 Å². The van der Waals surface area contributed by atoms with Crippen LogP contribution in [0.1, 0.15) is 0 Å². The highest BCUT2D eigenvalue weighted by Crippen LogP contribution is 1.69. The lowest BCUT2D eigenvalue weighted by atomic mass is 10.6. The predicted octanol–water partition coefficient (Wildman–Crippen LogP) is -2.31. The largest absolute Gasteiger partial charge is 0.354 e. The average molecular weight is 105 g/mol. The second-order valence-corrected chi connectivity index (χ2v) is 1.12. The van der Waals surface area contributed by atoms with Crippen LogP contribution in [0.15, 0.2) is 0 Å². The Balaban J connectivity index is 3.34. The van der Waals surface area contributed by atoms with Gasteiger partial charge in [-0.2, -0.15) is 0 Å². The van der Waals surface area contributed by atoms with E-state index < -0.39 is 12.1 Å². The fraction of sp³-hybridized carbons (Fsp3) is 0.667. The zero-order chi connectivity index (χ0) is 5.86. The number of hydrogen-bond acceptors (Lipinski definition) is 3. The summed E-state index contributed by atoms with van der Waals surface area (Å²) in [4.78, 5) is 10.0. The average Bonchev–Trinajstić information content (AvgIpc) is 1.65. The maximum absolute atomic E-state index is 10.0. The Kier molecular flexibility index (Phi) is 2.51. The highest BCUT2D eigenvalue weighted by molar-refractivity contribution is 5.68. The van der Waals surface area contributed by atoms with Gasteiger partial charge in [0.2, 0.25) is 6.23 Å². The first kappa shape index (κ1) is 6.55. The fourth-order valence-electron chi connectivity index (χ4n) is 0.131. The molecule has 7 heavy (non-hydrogen) atoms. The Bertz CT molecular complexity index is 73.3. The van der Waals surface area contributed by atoms with Gasteiger partial charge in [-0.05, 0) is 0 Å². The second-order valence-electron chi connectivity index (χ2n) is 1.12. The van der Waals surface area contributed by atoms with Crippen LogP contribution in [0.5, 0.6) is 0 Å². The number of hydrogen-bond donors (Lipinski definition) is 2. The standard InChI is InChI=1S/C3H8N2O2/c1-7-3(5)2(4)6/h3H,5H2,1H3,(H2,4,6)/p+1. The maximum Gasteiger partial charge on any atom is 0.352 e. The quantitative estimate of drug-likeness (QED) is 0.387. The molecule has 0 aliphatic rings. The van der Waals surface area contributed by atoms with Gasteiger partial charge in [-0.15, -0.1) is 0 Å². The number of carbonyl (C=O) groups excluding carboxylic acids is 1. The van der Waals surface area contributed by atoms with Gasteiger partial charge >= 0.3 is 5.91 Å². The van der Waals surface area contributed by atoms with E-state index in [4.69, 9.17) is 5.73 Å². The van der Waals surface area contributed by atoms with Crippen molar-refractivity contribution in [3.8, 4) is 0 Å². The van der Waals surface area contributed by atoms with E-state index in [-0.39, 0.29) is 0 Å². The van der Waals surface area contributed by atoms with Gasteiger partial charge in [-0.25, -0.2) is 4.79 Å². The molecule has 0 aliphatic heterocycles. The van der Waals surface area contributed by atoms with Gasteiger partial charge in [-0.3, -0.25) is 11.5 Å². The van der Waals surface area contributed by atoms with Gasteiger partial charge in [0.25, 0.3) is 0 Å². The lowest BCUT2D eigenvalue weighted by Gasteiger charge is -1.97. The van der Waals surface area contributed by atoms with Crippen LogP contribution in [0.2, 0.25) is 0 Å². The first-order valence-corrected chi connectivity index (χ1v) is 1.82. The summed E-state index contributed by atoms with van der Waals surface area (Å²) in [6.45, 7) is 0. The van der Waals surface area contributed by atoms with Crippen LogP contribution in [-0.2, 0) is 9.53 Å². The summed E-state index contributed by atoms with van der Waals surface area (Å²) in [5.74, 6) is -0.400. The van der Waals surface area contributed by atoms with E-state index in [9.17, 15) is 4.79 Å². The van der Waals surface area contributed by atoms with E-state index in [2.05, 4.69) is 10.5 Å². The van der Waals surface area contributed by atoms with Crippen molar-refractivity contribution in [2.75, 3.05) is 7.11 Å². The Labute approximate surface area is 41.4 Å². The van der Waals surface area contributed by atoms with E-state index in [0.29, 0.717) is 0 Å². The van der Waals surface area contributed by atoms with Crippen molar-refractivity contribution in [2.45, 2.75) is 6.23 Å². The molecule has 0 saturated heterocycles. The van der Waals surface area contributed by atoms with Crippen molar-refractivity contribution < 1.29 is 15.3 Å². The first-order valence-electron chi connectivity index (χ1n) is 1.82. The number of rotatable bonds is 2. The number of quaternary nitrogens is 1. The van der Waals surface area contributed by atoms with Crippen LogP contribution in [0.25, 0.3) is 0 Å². The summed E-state index contributed by atoms with van der Waals surface area (Å²) in [5, 5.41) is 0. The molecule has 0 aromatic heterocycles. The molecule has 0 heterocycles. The minimum absolute atomic E-state index is 0.400. The molecule has 0 aromatic rings. The highest BCUT2D eigenvalue weighted by Gasteiger charge is 2.08. The number of amides is 1. The minimum Gasteiger partial charge on any atom is -0.354 e. The van der Waals surface area contributed by atoms with Gasteiger partial charge < -0.3 is 4.74 Å². The van der Waals surface area contributed by atoms with Crippen molar-refractivity contribution in [3.63, 3.8) is 0 Å². The fourth-order valence-corrected chi connectivity index (χ4v) is 0.131. The molecule has 5 N–H and O–H groups in total. The molecule has 0 aromatic carbocycles. The monoisotopic (exact) mass is 105 g/mol. The van der Waals surface area contributed by atoms with Crippen molar-refractivity contribution >= 4 is 5.91 Å². The third-order valence-electron chi connectivity index (χ3n) is 0.571. The molecule has 0 saturated carbocycles. The summed E-state index contributed by atoms with van der Waals surface area (Å²) < 4.78 is 4.38. The summed E-state index contributed by atoms with van der Waals surface area (Å²) >= 11 is 0. The molecule has 1 atom stereocenters. The van der Waals surface area contributed by atoms with Gasteiger partial charge in [0.05, 0.1) is 0 Å². The van der Waals surface area contributed by atoms with Crippen LogP contribution in [-0.4, -0.2) is 19.2 Å². The first-order chi connectivity index (χ1) is 3.18. The van der Waals surface area contributed by atoms with Crippen molar-refractivity contribution in [1.29, 1.82) is 0 Å². The van der Waals surface area contributed by atoms with E-state index in [1.807, 2.05) is 0 Å². The molecule has 4 nitrogen and oxygen atoms in total. The Morgan fingerprint density at radius 3 is 2.43 bits per heavy atom. The summed E-state index contributed by atoms with van der Waals surface area (Å²) in [6, 6.07) is 0. The molecule has 0 radical (unpaired) electrons. The Morgan fingerprint density at radius 2 is 2.43 bits per heavy atom. The van der Waals surface area contributed by atoms with Gasteiger partial charge in [0, 0.05) is 7.11 Å². The molecule has 1 amide bonds. The van der Waals surface area contributed by atoms with Crippen LogP contribution in [0.3, 0.4) is 0 Å². The van der Waals surface area contributed by atoms with Crippen LogP contribution < -0.4 is 11.5 Å². The van der Waals surface area contributed by atoms with Gasteiger partial charge in [-0.1, -0.05) is 0 Å². The lowest BCUT2D eigenvalue weighted by molar-refractivity contribution is -0.315. The molecule has 4 heteroatoms. The topological polar surface area (TPSA) is 80.0 Å². The third kappa shape index (κ3) is 2.27. The second kappa shape index (κ2) is 2.68. The zero-order valence-electron chi connectivity index (χ0n) is 4.18. The van der Waals surface area contributed by atoms with E-state index in [0.717, 1.165) is 0 Å². The number of methoxy groups -OCH3 is 1. The molecule has 0 rings (SSSR count). The predicted molar refractivity (Wildman–Crippen MR) is 22.9 cm³/mol. The molecule has 42 valence electrons. The lowest BCUT2D eigenvalue weighted by Crippen LogP contribution is -2.65. The SMILES string of the molecule is COC(N)C([NH3+])=O. The third-order valence-corrected chi connectivity index (χ3v) is 0.571. The molecule has 0 aliphatic carbocycles. The Morgan fingerprint density at radius 1 is 2.00 bits per heavy atom. The van der Waals surface area contributed by atoms with Crippen LogP contribution in [0.4, 0.5) is 0 Å². The summed E-state index contributed by atoms with van der Waals surface area (Å²) in [6.07, 6.45) is -0.847. The van der Waals surface area contributed by atoms with Crippen molar-refractivity contribution in [3.05, 3.63) is 0 Å². The molecule has 1 unspecified atom stereocenters. The van der Waals surface area contributed by atoms with E-state index >= 15 is 0 Å². The number of carbonyl (C=O) groups is 1. The summed E-state index contributed by atoms with van der Waals surface area (Å²) in [7, 11) is 1.35. The maximum atomic E-state index is 10.0. The molecule has 0 spiro atoms. The number of nitrogens with two attached hydrogens (primary N) is 1. The van der Waals surface area contributed by atoms with Gasteiger partial charge in [0.1, 0.15) is 0 Å². The number of ether oxygens (including phenoxy) is 1. The smallest absolute Gasteiger partial charge is 0.352 e. The Hall–Kier alpha value is -0.450. The molecule has 0 bridgehead atoms. The van der Waals surface area contributed by atoms with Crippen molar-refractivity contribution in [2.24, 2.45) is 5.73 Å². The summed E-state index contributed by atoms with van der Waals surface area (Å²) in [5.41, 5.74) is 8.00. The minimum atomic E-state index is -0.847. The van der Waals surface area contributed by atoms with Gasteiger partial charge in [0.15, 0.2) is 0 Å². The normalized spacial score (nSPS) is 13.6. The molecular weight excluding hydrogens is 96.0 g/mol. The highest BCUT2D eigenvalue weighted by atomic mass is 16.5. The zero-order valence-corrected chi connectivity index (χ0v) is 4.18. The molecule has 0 fully saturated rings. The molecular formula is C3H9N2O2+. The van der Waals surface area contributed by atoms with Crippen LogP contribution in [0, 0.1) is 0 Å². The van der Waals surface area contributed by atoms with Crippen molar-refractivity contribution in [1.82, 2.24) is 0 Å². The van der Waals surface area contributed by atoms with Crippen LogP contribution >= 0.6 is 0 Å².